The van der Waals surface area contributed by atoms with E-state index in [1.807, 2.05) is 6.92 Å². The standard InChI is InChI=1S/C26H44N4/c1-22(2)28-18-11-10-16-26(29-30(4)21-25-14-8-9-15-25)23(3)17-19-27-20-24-12-6-5-7-13-24/h5-7,12-13,25-29H,1,3,8-11,14-21H2,2,4H3. The second-order valence-electron chi connectivity index (χ2n) is 8.99. The molecule has 1 atom stereocenters. The van der Waals surface area contributed by atoms with E-state index in [0.29, 0.717) is 6.04 Å². The summed E-state index contributed by atoms with van der Waals surface area (Å²) < 4.78 is 0. The molecule has 0 bridgehead atoms. The minimum atomic E-state index is 0.347. The SMILES string of the molecule is C=C(C)NCCCCC(NN(C)CC1CCCC1)C(=C)CCNCc1ccccc1. The van der Waals surface area contributed by atoms with Gasteiger partial charge in [0.15, 0.2) is 0 Å². The Bertz CT molecular complexity index is 607. The average Bonchev–Trinajstić information content (AvgIpc) is 3.23. The van der Waals surface area contributed by atoms with Crippen LogP contribution in [0.2, 0.25) is 0 Å². The quantitative estimate of drug-likeness (QED) is 0.203. The molecule has 0 amide bonds. The van der Waals surface area contributed by atoms with Crippen LogP contribution in [0.15, 0.2) is 54.8 Å². The van der Waals surface area contributed by atoms with Crippen LogP contribution in [-0.4, -0.2) is 37.7 Å². The highest BCUT2D eigenvalue weighted by Crippen LogP contribution is 2.25. The zero-order valence-corrected chi connectivity index (χ0v) is 19.4. The molecule has 1 saturated carbocycles. The van der Waals surface area contributed by atoms with Gasteiger partial charge >= 0.3 is 0 Å². The molecule has 4 heteroatoms. The summed E-state index contributed by atoms with van der Waals surface area (Å²) in [5, 5.41) is 9.23. The Morgan fingerprint density at radius 1 is 1.10 bits per heavy atom. The van der Waals surface area contributed by atoms with Gasteiger partial charge in [-0.3, -0.25) is 0 Å². The van der Waals surface area contributed by atoms with Gasteiger partial charge in [-0.25, -0.2) is 10.4 Å². The van der Waals surface area contributed by atoms with Crippen molar-refractivity contribution in [2.45, 2.75) is 70.9 Å². The van der Waals surface area contributed by atoms with Crippen LogP contribution in [0.5, 0.6) is 0 Å². The minimum Gasteiger partial charge on any atom is -0.389 e. The Kier molecular flexibility index (Phi) is 11.8. The van der Waals surface area contributed by atoms with Gasteiger partial charge in [-0.2, -0.15) is 0 Å². The van der Waals surface area contributed by atoms with Gasteiger partial charge in [0.1, 0.15) is 0 Å². The molecule has 1 aliphatic carbocycles. The largest absolute Gasteiger partial charge is 0.389 e. The predicted octanol–water partition coefficient (Wildman–Crippen LogP) is 5.01. The third-order valence-electron chi connectivity index (χ3n) is 6.02. The fraction of sp³-hybridized carbons (Fsp3) is 0.615. The zero-order valence-electron chi connectivity index (χ0n) is 19.4. The number of nitrogens with one attached hydrogen (secondary N) is 3. The van der Waals surface area contributed by atoms with Crippen LogP contribution in [0.1, 0.15) is 63.9 Å². The van der Waals surface area contributed by atoms with Gasteiger partial charge in [-0.05, 0) is 63.5 Å². The molecule has 0 aliphatic heterocycles. The van der Waals surface area contributed by atoms with Gasteiger partial charge in [0.2, 0.25) is 0 Å². The molecule has 0 spiro atoms. The number of unbranched alkanes of at least 4 members (excludes halogenated alkanes) is 1. The Morgan fingerprint density at radius 2 is 1.83 bits per heavy atom. The number of hydrazine groups is 1. The van der Waals surface area contributed by atoms with Crippen molar-refractivity contribution in [2.75, 3.05) is 26.7 Å². The number of hydrogen-bond donors (Lipinski definition) is 3. The van der Waals surface area contributed by atoms with Crippen molar-refractivity contribution in [3.05, 3.63) is 60.3 Å². The molecule has 0 aromatic heterocycles. The van der Waals surface area contributed by atoms with E-state index >= 15 is 0 Å². The lowest BCUT2D eigenvalue weighted by molar-refractivity contribution is 0.173. The van der Waals surface area contributed by atoms with Crippen molar-refractivity contribution < 1.29 is 0 Å². The molecule has 2 rings (SSSR count). The Hall–Kier alpha value is -1.62. The van der Waals surface area contributed by atoms with Gasteiger partial charge in [-0.15, -0.1) is 0 Å². The Balaban J connectivity index is 1.75. The second kappa shape index (κ2) is 14.4. The van der Waals surface area contributed by atoms with E-state index in [0.717, 1.165) is 57.1 Å². The van der Waals surface area contributed by atoms with Crippen LogP contribution in [-0.2, 0) is 6.54 Å². The molecule has 0 saturated heterocycles. The Morgan fingerprint density at radius 3 is 2.53 bits per heavy atom. The number of benzene rings is 1. The summed E-state index contributed by atoms with van der Waals surface area (Å²) in [6.07, 6.45) is 10.1. The maximum Gasteiger partial charge on any atom is 0.0422 e. The maximum atomic E-state index is 4.45. The normalized spacial score (nSPS) is 15.4. The second-order valence-corrected chi connectivity index (χ2v) is 8.99. The highest BCUT2D eigenvalue weighted by molar-refractivity contribution is 5.14. The summed E-state index contributed by atoms with van der Waals surface area (Å²) in [6, 6.07) is 10.9. The van der Waals surface area contributed by atoms with Crippen LogP contribution in [0.3, 0.4) is 0 Å². The molecular weight excluding hydrogens is 368 g/mol. The molecule has 1 unspecified atom stereocenters. The summed E-state index contributed by atoms with van der Waals surface area (Å²) in [5.41, 5.74) is 7.46. The number of nitrogens with zero attached hydrogens (tertiary/aromatic N) is 1. The molecule has 1 aromatic rings. The van der Waals surface area contributed by atoms with Crippen molar-refractivity contribution in [3.63, 3.8) is 0 Å². The highest BCUT2D eigenvalue weighted by atomic mass is 15.5. The van der Waals surface area contributed by atoms with Crippen LogP contribution in [0, 0.1) is 5.92 Å². The van der Waals surface area contributed by atoms with Crippen molar-refractivity contribution in [2.24, 2.45) is 5.92 Å². The first-order valence-corrected chi connectivity index (χ1v) is 11.8. The first kappa shape index (κ1) is 24.6. The first-order chi connectivity index (χ1) is 14.5. The third kappa shape index (κ3) is 10.4. The molecule has 4 nitrogen and oxygen atoms in total. The predicted molar refractivity (Wildman–Crippen MR) is 130 cm³/mol. The lowest BCUT2D eigenvalue weighted by Gasteiger charge is -2.29. The summed E-state index contributed by atoms with van der Waals surface area (Å²) >= 11 is 0. The van der Waals surface area contributed by atoms with Crippen molar-refractivity contribution in [1.29, 1.82) is 0 Å². The average molecular weight is 413 g/mol. The lowest BCUT2D eigenvalue weighted by Crippen LogP contribution is -2.45. The van der Waals surface area contributed by atoms with Crippen LogP contribution in [0.4, 0.5) is 0 Å². The topological polar surface area (TPSA) is 39.3 Å². The number of hydrogen-bond acceptors (Lipinski definition) is 4. The molecule has 0 heterocycles. The molecule has 30 heavy (non-hydrogen) atoms. The van der Waals surface area contributed by atoms with Gasteiger partial charge in [0.25, 0.3) is 0 Å². The lowest BCUT2D eigenvalue weighted by atomic mass is 10.00. The van der Waals surface area contributed by atoms with E-state index in [4.69, 9.17) is 0 Å². The van der Waals surface area contributed by atoms with Crippen LogP contribution in [0.25, 0.3) is 0 Å². The molecule has 1 aliphatic rings. The summed E-state index contributed by atoms with van der Waals surface area (Å²) in [4.78, 5) is 0. The monoisotopic (exact) mass is 412 g/mol. The maximum absolute atomic E-state index is 4.45. The first-order valence-electron chi connectivity index (χ1n) is 11.8. The number of rotatable bonds is 16. The van der Waals surface area contributed by atoms with E-state index < -0.39 is 0 Å². The molecular formula is C26H44N4. The van der Waals surface area contributed by atoms with Crippen molar-refractivity contribution in [3.8, 4) is 0 Å². The molecule has 168 valence electrons. The van der Waals surface area contributed by atoms with Crippen LogP contribution < -0.4 is 16.1 Å². The molecule has 3 N–H and O–H groups in total. The molecule has 1 aromatic carbocycles. The Labute approximate surface area is 185 Å². The van der Waals surface area contributed by atoms with E-state index in [9.17, 15) is 0 Å². The zero-order chi connectivity index (χ0) is 21.6. The summed E-state index contributed by atoms with van der Waals surface area (Å²) in [5.74, 6) is 0.851. The van der Waals surface area contributed by atoms with E-state index in [1.54, 1.807) is 0 Å². The fourth-order valence-electron chi connectivity index (χ4n) is 4.29. The van der Waals surface area contributed by atoms with Crippen molar-refractivity contribution in [1.82, 2.24) is 21.1 Å². The van der Waals surface area contributed by atoms with Gasteiger partial charge in [0, 0.05) is 38.4 Å². The van der Waals surface area contributed by atoms with E-state index in [1.165, 1.54) is 43.2 Å². The van der Waals surface area contributed by atoms with Gasteiger partial charge < -0.3 is 10.6 Å². The minimum absolute atomic E-state index is 0.347. The molecule has 1 fully saturated rings. The summed E-state index contributed by atoms with van der Waals surface area (Å²) in [7, 11) is 2.20. The molecule has 0 radical (unpaired) electrons. The fourth-order valence-corrected chi connectivity index (χ4v) is 4.29. The van der Waals surface area contributed by atoms with Crippen LogP contribution >= 0.6 is 0 Å². The van der Waals surface area contributed by atoms with Gasteiger partial charge in [-0.1, -0.05) is 61.9 Å². The summed E-state index contributed by atoms with van der Waals surface area (Å²) in [6.45, 7) is 14.4. The van der Waals surface area contributed by atoms with E-state index in [2.05, 4.69) is 71.6 Å². The number of allylic oxidation sites excluding steroid dienone is 1. The van der Waals surface area contributed by atoms with E-state index in [-0.39, 0.29) is 0 Å². The third-order valence-corrected chi connectivity index (χ3v) is 6.02. The highest BCUT2D eigenvalue weighted by Gasteiger charge is 2.19. The van der Waals surface area contributed by atoms with Crippen molar-refractivity contribution >= 4 is 0 Å². The van der Waals surface area contributed by atoms with Gasteiger partial charge in [0.05, 0.1) is 0 Å². The smallest absolute Gasteiger partial charge is 0.0422 e.